The number of rotatable bonds is 3. The predicted octanol–water partition coefficient (Wildman–Crippen LogP) is 3.68. The SMILES string of the molecule is CC(N)C1CCCN(CC2CCC(C)(C)CC2)C1.Cl. The van der Waals surface area contributed by atoms with Crippen LogP contribution in [0, 0.1) is 17.3 Å². The largest absolute Gasteiger partial charge is 0.328 e. The van der Waals surface area contributed by atoms with Crippen molar-refractivity contribution in [3.63, 3.8) is 0 Å². The Morgan fingerprint density at radius 2 is 1.84 bits per heavy atom. The summed E-state index contributed by atoms with van der Waals surface area (Å²) >= 11 is 0. The van der Waals surface area contributed by atoms with Crippen LogP contribution in [0.5, 0.6) is 0 Å². The highest BCUT2D eigenvalue weighted by molar-refractivity contribution is 5.85. The molecule has 1 heterocycles. The van der Waals surface area contributed by atoms with Crippen molar-refractivity contribution in [1.82, 2.24) is 4.90 Å². The van der Waals surface area contributed by atoms with Gasteiger partial charge in [0.05, 0.1) is 0 Å². The molecule has 2 N–H and O–H groups in total. The summed E-state index contributed by atoms with van der Waals surface area (Å²) in [4.78, 5) is 2.69. The van der Waals surface area contributed by atoms with Crippen molar-refractivity contribution in [2.75, 3.05) is 19.6 Å². The van der Waals surface area contributed by atoms with E-state index >= 15 is 0 Å². The summed E-state index contributed by atoms with van der Waals surface area (Å²) in [7, 11) is 0. The van der Waals surface area contributed by atoms with Gasteiger partial charge in [-0.05, 0) is 69.2 Å². The van der Waals surface area contributed by atoms with Gasteiger partial charge >= 0.3 is 0 Å². The third kappa shape index (κ3) is 5.24. The van der Waals surface area contributed by atoms with Gasteiger partial charge < -0.3 is 10.6 Å². The van der Waals surface area contributed by atoms with Gasteiger partial charge in [0.25, 0.3) is 0 Å². The summed E-state index contributed by atoms with van der Waals surface area (Å²) in [5.74, 6) is 1.68. The van der Waals surface area contributed by atoms with E-state index in [9.17, 15) is 0 Å². The third-order valence-corrected chi connectivity index (χ3v) is 5.26. The maximum Gasteiger partial charge on any atom is 0.00509 e. The molecule has 2 rings (SSSR count). The quantitative estimate of drug-likeness (QED) is 0.858. The number of hydrogen-bond donors (Lipinski definition) is 1. The molecule has 114 valence electrons. The van der Waals surface area contributed by atoms with Crippen LogP contribution in [0.3, 0.4) is 0 Å². The van der Waals surface area contributed by atoms with E-state index in [1.54, 1.807) is 0 Å². The Bertz CT molecular complexity index is 255. The Hall–Kier alpha value is 0.210. The van der Waals surface area contributed by atoms with Crippen molar-refractivity contribution in [3.8, 4) is 0 Å². The van der Waals surface area contributed by atoms with E-state index in [2.05, 4.69) is 25.7 Å². The molecule has 2 fully saturated rings. The molecule has 1 saturated heterocycles. The number of hydrogen-bond acceptors (Lipinski definition) is 2. The molecule has 1 aliphatic heterocycles. The molecule has 19 heavy (non-hydrogen) atoms. The van der Waals surface area contributed by atoms with E-state index < -0.39 is 0 Å². The standard InChI is InChI=1S/C16H32N2.ClH/c1-13(17)15-5-4-10-18(12-15)11-14-6-8-16(2,3)9-7-14;/h13-15H,4-12,17H2,1-3H3;1H. The summed E-state index contributed by atoms with van der Waals surface area (Å²) in [6.07, 6.45) is 8.40. The van der Waals surface area contributed by atoms with Crippen LogP contribution in [-0.2, 0) is 0 Å². The lowest BCUT2D eigenvalue weighted by Crippen LogP contribution is -2.44. The normalized spacial score (nSPS) is 30.6. The highest BCUT2D eigenvalue weighted by atomic mass is 35.5. The molecule has 0 aromatic heterocycles. The van der Waals surface area contributed by atoms with Crippen molar-refractivity contribution >= 4 is 12.4 Å². The van der Waals surface area contributed by atoms with Gasteiger partial charge in [0, 0.05) is 19.1 Å². The first-order valence-corrected chi connectivity index (χ1v) is 7.94. The second kappa shape index (κ2) is 7.28. The monoisotopic (exact) mass is 288 g/mol. The fourth-order valence-electron chi connectivity index (χ4n) is 3.69. The van der Waals surface area contributed by atoms with Gasteiger partial charge in [0.15, 0.2) is 0 Å². The van der Waals surface area contributed by atoms with Crippen LogP contribution in [0.4, 0.5) is 0 Å². The van der Waals surface area contributed by atoms with E-state index in [4.69, 9.17) is 5.73 Å². The highest BCUT2D eigenvalue weighted by Gasteiger charge is 2.29. The number of halogens is 1. The Morgan fingerprint density at radius 3 is 2.42 bits per heavy atom. The first-order chi connectivity index (χ1) is 8.46. The topological polar surface area (TPSA) is 29.3 Å². The number of nitrogens with two attached hydrogens (primary N) is 1. The van der Waals surface area contributed by atoms with Crippen LogP contribution in [0.25, 0.3) is 0 Å². The second-order valence-corrected chi connectivity index (χ2v) is 7.63. The summed E-state index contributed by atoms with van der Waals surface area (Å²) in [6, 6.07) is 0.373. The molecule has 0 amide bonds. The van der Waals surface area contributed by atoms with Gasteiger partial charge in [-0.2, -0.15) is 0 Å². The lowest BCUT2D eigenvalue weighted by molar-refractivity contribution is 0.106. The minimum Gasteiger partial charge on any atom is -0.328 e. The smallest absolute Gasteiger partial charge is 0.00509 e. The Morgan fingerprint density at radius 1 is 1.21 bits per heavy atom. The lowest BCUT2D eigenvalue weighted by Gasteiger charge is -2.40. The Kier molecular flexibility index (Phi) is 6.62. The lowest BCUT2D eigenvalue weighted by atomic mass is 9.73. The minimum atomic E-state index is 0. The summed E-state index contributed by atoms with van der Waals surface area (Å²) in [5.41, 5.74) is 6.68. The van der Waals surface area contributed by atoms with Gasteiger partial charge in [0.1, 0.15) is 0 Å². The van der Waals surface area contributed by atoms with Crippen molar-refractivity contribution in [2.24, 2.45) is 23.0 Å². The fourth-order valence-corrected chi connectivity index (χ4v) is 3.69. The van der Waals surface area contributed by atoms with Gasteiger partial charge in [-0.3, -0.25) is 0 Å². The van der Waals surface area contributed by atoms with E-state index in [1.807, 2.05) is 0 Å². The molecule has 0 spiro atoms. The third-order valence-electron chi connectivity index (χ3n) is 5.26. The van der Waals surface area contributed by atoms with Crippen LogP contribution in [0.1, 0.15) is 59.3 Å². The van der Waals surface area contributed by atoms with E-state index in [1.165, 1.54) is 58.2 Å². The molecule has 0 radical (unpaired) electrons. The van der Waals surface area contributed by atoms with E-state index in [0.717, 1.165) is 11.8 Å². The van der Waals surface area contributed by atoms with Gasteiger partial charge in [-0.15, -0.1) is 12.4 Å². The fraction of sp³-hybridized carbons (Fsp3) is 1.00. The Labute approximate surface area is 125 Å². The van der Waals surface area contributed by atoms with E-state index in [-0.39, 0.29) is 12.4 Å². The molecule has 2 unspecified atom stereocenters. The molecule has 2 atom stereocenters. The first kappa shape index (κ1) is 17.3. The summed E-state index contributed by atoms with van der Waals surface area (Å²) < 4.78 is 0. The zero-order valence-corrected chi connectivity index (χ0v) is 13.8. The zero-order valence-electron chi connectivity index (χ0n) is 13.0. The van der Waals surface area contributed by atoms with Crippen LogP contribution >= 0.6 is 12.4 Å². The van der Waals surface area contributed by atoms with Gasteiger partial charge in [-0.1, -0.05) is 13.8 Å². The number of piperidine rings is 1. The molecule has 0 aromatic rings. The second-order valence-electron chi connectivity index (χ2n) is 7.63. The molecule has 1 aliphatic carbocycles. The first-order valence-electron chi connectivity index (χ1n) is 7.94. The van der Waals surface area contributed by atoms with Gasteiger partial charge in [-0.25, -0.2) is 0 Å². The van der Waals surface area contributed by atoms with Crippen molar-refractivity contribution < 1.29 is 0 Å². The van der Waals surface area contributed by atoms with Crippen molar-refractivity contribution in [2.45, 2.75) is 65.3 Å². The van der Waals surface area contributed by atoms with Crippen LogP contribution in [0.2, 0.25) is 0 Å². The molecule has 0 bridgehead atoms. The molecular formula is C16H33ClN2. The van der Waals surface area contributed by atoms with Crippen LogP contribution in [0.15, 0.2) is 0 Å². The highest BCUT2D eigenvalue weighted by Crippen LogP contribution is 2.38. The summed E-state index contributed by atoms with van der Waals surface area (Å²) in [6.45, 7) is 10.9. The molecule has 1 saturated carbocycles. The molecule has 0 aromatic carbocycles. The maximum atomic E-state index is 6.07. The molecule has 3 heteroatoms. The van der Waals surface area contributed by atoms with Crippen LogP contribution < -0.4 is 5.73 Å². The average Bonchev–Trinajstić information content (AvgIpc) is 2.32. The predicted molar refractivity (Wildman–Crippen MR) is 85.8 cm³/mol. The maximum absolute atomic E-state index is 6.07. The Balaban J connectivity index is 0.00000180. The molecule has 2 nitrogen and oxygen atoms in total. The van der Waals surface area contributed by atoms with E-state index in [0.29, 0.717) is 11.5 Å². The minimum absolute atomic E-state index is 0. The number of likely N-dealkylation sites (tertiary alicyclic amines) is 1. The van der Waals surface area contributed by atoms with Gasteiger partial charge in [0.2, 0.25) is 0 Å². The molecular weight excluding hydrogens is 256 g/mol. The van der Waals surface area contributed by atoms with Crippen molar-refractivity contribution in [3.05, 3.63) is 0 Å². The molecule has 2 aliphatic rings. The summed E-state index contributed by atoms with van der Waals surface area (Å²) in [5, 5.41) is 0. The average molecular weight is 289 g/mol. The zero-order chi connectivity index (χ0) is 13.2. The number of nitrogens with zero attached hydrogens (tertiary/aromatic N) is 1. The van der Waals surface area contributed by atoms with Crippen LogP contribution in [-0.4, -0.2) is 30.6 Å². The van der Waals surface area contributed by atoms with Crippen molar-refractivity contribution in [1.29, 1.82) is 0 Å².